The Morgan fingerprint density at radius 1 is 0.750 bits per heavy atom. The fourth-order valence-corrected chi connectivity index (χ4v) is 3.42. The molecule has 0 bridgehead atoms. The van der Waals surface area contributed by atoms with Crippen molar-refractivity contribution in [2.24, 2.45) is 0 Å². The van der Waals surface area contributed by atoms with Gasteiger partial charge in [-0.1, -0.05) is 67.2 Å². The zero-order valence-electron chi connectivity index (χ0n) is 18.1. The molecule has 0 spiro atoms. The SMILES string of the molecule is C=C(C)C(C)(COC(=O)c1ccc2ccccc2c1)OC(=O)c1ccc2ccccc2c1. The van der Waals surface area contributed by atoms with Gasteiger partial charge in [-0.25, -0.2) is 9.59 Å². The van der Waals surface area contributed by atoms with Crippen LogP contribution in [0.15, 0.2) is 97.1 Å². The van der Waals surface area contributed by atoms with Gasteiger partial charge in [-0.3, -0.25) is 0 Å². The summed E-state index contributed by atoms with van der Waals surface area (Å²) in [6.45, 7) is 7.26. The molecule has 4 nitrogen and oxygen atoms in total. The van der Waals surface area contributed by atoms with Crippen LogP contribution in [0.1, 0.15) is 34.6 Å². The monoisotopic (exact) mass is 424 g/mol. The molecule has 4 heteroatoms. The summed E-state index contributed by atoms with van der Waals surface area (Å²) in [5.41, 5.74) is 0.290. The van der Waals surface area contributed by atoms with Gasteiger partial charge in [0.2, 0.25) is 0 Å². The van der Waals surface area contributed by atoms with E-state index in [9.17, 15) is 9.59 Å². The van der Waals surface area contributed by atoms with E-state index in [1.807, 2.05) is 60.7 Å². The molecule has 0 aliphatic heterocycles. The van der Waals surface area contributed by atoms with Crippen molar-refractivity contribution < 1.29 is 19.1 Å². The average Bonchev–Trinajstić information content (AvgIpc) is 2.81. The predicted molar refractivity (Wildman–Crippen MR) is 127 cm³/mol. The van der Waals surface area contributed by atoms with Crippen LogP contribution in [0.5, 0.6) is 0 Å². The fourth-order valence-electron chi connectivity index (χ4n) is 3.42. The molecule has 0 aliphatic rings. The zero-order valence-corrected chi connectivity index (χ0v) is 18.1. The van der Waals surface area contributed by atoms with Crippen LogP contribution in [0.2, 0.25) is 0 Å². The first-order valence-electron chi connectivity index (χ1n) is 10.4. The van der Waals surface area contributed by atoms with Crippen molar-refractivity contribution in [2.75, 3.05) is 6.61 Å². The summed E-state index contributed by atoms with van der Waals surface area (Å²) in [7, 11) is 0. The molecular formula is C28H24O4. The molecule has 0 saturated heterocycles. The minimum atomic E-state index is -1.16. The number of hydrogen-bond donors (Lipinski definition) is 0. The molecule has 1 atom stereocenters. The van der Waals surface area contributed by atoms with E-state index in [0.717, 1.165) is 21.5 Å². The summed E-state index contributed by atoms with van der Waals surface area (Å²) in [6.07, 6.45) is 0. The first-order valence-corrected chi connectivity index (χ1v) is 10.4. The summed E-state index contributed by atoms with van der Waals surface area (Å²) in [5, 5.41) is 3.98. The number of esters is 2. The third-order valence-corrected chi connectivity index (χ3v) is 5.67. The van der Waals surface area contributed by atoms with Gasteiger partial charge >= 0.3 is 11.9 Å². The van der Waals surface area contributed by atoms with Gasteiger partial charge in [0.25, 0.3) is 0 Å². The van der Waals surface area contributed by atoms with Crippen LogP contribution >= 0.6 is 0 Å². The van der Waals surface area contributed by atoms with Crippen LogP contribution in [-0.2, 0) is 9.47 Å². The minimum Gasteiger partial charge on any atom is -0.457 e. The van der Waals surface area contributed by atoms with E-state index in [1.165, 1.54) is 0 Å². The number of fused-ring (bicyclic) bond motifs is 2. The lowest BCUT2D eigenvalue weighted by atomic mass is 9.99. The first kappa shape index (κ1) is 21.3. The standard InChI is InChI=1S/C28H24O4/c1-19(2)28(3,32-27(30)25-15-13-21-9-5-7-11-23(21)17-25)18-31-26(29)24-14-12-20-8-4-6-10-22(20)16-24/h4-17H,1,18H2,2-3H3. The largest absolute Gasteiger partial charge is 0.457 e. The molecule has 4 rings (SSSR count). The van der Waals surface area contributed by atoms with Crippen molar-refractivity contribution in [3.8, 4) is 0 Å². The van der Waals surface area contributed by atoms with E-state index in [2.05, 4.69) is 6.58 Å². The number of benzene rings is 4. The molecule has 32 heavy (non-hydrogen) atoms. The van der Waals surface area contributed by atoms with Crippen molar-refractivity contribution in [3.63, 3.8) is 0 Å². The topological polar surface area (TPSA) is 52.6 Å². The second-order valence-electron chi connectivity index (χ2n) is 8.10. The van der Waals surface area contributed by atoms with Crippen LogP contribution in [0, 0.1) is 0 Å². The third-order valence-electron chi connectivity index (χ3n) is 5.67. The maximum absolute atomic E-state index is 12.9. The number of carbonyl (C=O) groups is 2. The molecule has 0 heterocycles. The van der Waals surface area contributed by atoms with Crippen molar-refractivity contribution in [1.82, 2.24) is 0 Å². The first-order chi connectivity index (χ1) is 15.4. The molecule has 4 aromatic carbocycles. The van der Waals surface area contributed by atoms with Gasteiger partial charge in [0.15, 0.2) is 5.60 Å². The summed E-state index contributed by atoms with van der Waals surface area (Å²) in [6, 6.07) is 26.4. The highest BCUT2D eigenvalue weighted by Crippen LogP contribution is 2.25. The molecule has 0 radical (unpaired) electrons. The maximum Gasteiger partial charge on any atom is 0.339 e. The number of carbonyl (C=O) groups excluding carboxylic acids is 2. The van der Waals surface area contributed by atoms with Gasteiger partial charge in [0.05, 0.1) is 11.1 Å². The summed E-state index contributed by atoms with van der Waals surface area (Å²) >= 11 is 0. The van der Waals surface area contributed by atoms with Crippen LogP contribution in [-0.4, -0.2) is 24.1 Å². The van der Waals surface area contributed by atoms with Crippen LogP contribution < -0.4 is 0 Å². The van der Waals surface area contributed by atoms with Crippen molar-refractivity contribution >= 4 is 33.5 Å². The molecule has 160 valence electrons. The zero-order chi connectivity index (χ0) is 22.7. The lowest BCUT2D eigenvalue weighted by molar-refractivity contribution is -0.0286. The Balaban J connectivity index is 1.49. The summed E-state index contributed by atoms with van der Waals surface area (Å²) < 4.78 is 11.3. The normalized spacial score (nSPS) is 12.8. The van der Waals surface area contributed by atoms with Gasteiger partial charge in [0, 0.05) is 0 Å². The average molecular weight is 424 g/mol. The number of hydrogen-bond acceptors (Lipinski definition) is 4. The number of rotatable bonds is 6. The smallest absolute Gasteiger partial charge is 0.339 e. The Labute approximate surface area is 187 Å². The van der Waals surface area contributed by atoms with Crippen molar-refractivity contribution in [2.45, 2.75) is 19.4 Å². The van der Waals surface area contributed by atoms with E-state index in [-0.39, 0.29) is 6.61 Å². The van der Waals surface area contributed by atoms with Crippen molar-refractivity contribution in [1.29, 1.82) is 0 Å². The Morgan fingerprint density at radius 3 is 1.72 bits per heavy atom. The second kappa shape index (κ2) is 8.67. The third kappa shape index (κ3) is 4.40. The van der Waals surface area contributed by atoms with Gasteiger partial charge in [-0.15, -0.1) is 0 Å². The van der Waals surface area contributed by atoms with E-state index >= 15 is 0 Å². The molecular weight excluding hydrogens is 400 g/mol. The second-order valence-corrected chi connectivity index (χ2v) is 8.10. The van der Waals surface area contributed by atoms with Gasteiger partial charge in [-0.2, -0.15) is 0 Å². The quantitative estimate of drug-likeness (QED) is 0.268. The molecule has 0 fully saturated rings. The minimum absolute atomic E-state index is 0.132. The molecule has 0 N–H and O–H groups in total. The molecule has 4 aromatic rings. The van der Waals surface area contributed by atoms with Crippen LogP contribution in [0.25, 0.3) is 21.5 Å². The number of ether oxygens (including phenoxy) is 2. The fraction of sp³-hybridized carbons (Fsp3) is 0.143. The molecule has 0 aliphatic carbocycles. The van der Waals surface area contributed by atoms with Crippen LogP contribution in [0.3, 0.4) is 0 Å². The van der Waals surface area contributed by atoms with Crippen molar-refractivity contribution in [3.05, 3.63) is 108 Å². The molecule has 0 amide bonds. The predicted octanol–water partition coefficient (Wildman–Crippen LogP) is 6.34. The van der Waals surface area contributed by atoms with Crippen LogP contribution in [0.4, 0.5) is 0 Å². The lowest BCUT2D eigenvalue weighted by Crippen LogP contribution is -2.38. The Hall–Kier alpha value is -3.92. The van der Waals surface area contributed by atoms with Gasteiger partial charge < -0.3 is 9.47 Å². The van der Waals surface area contributed by atoms with E-state index < -0.39 is 17.5 Å². The Kier molecular flexibility index (Phi) is 5.78. The summed E-state index contributed by atoms with van der Waals surface area (Å²) in [4.78, 5) is 25.5. The Morgan fingerprint density at radius 2 is 1.22 bits per heavy atom. The lowest BCUT2D eigenvalue weighted by Gasteiger charge is -2.29. The van der Waals surface area contributed by atoms with E-state index in [4.69, 9.17) is 9.47 Å². The Bertz CT molecular complexity index is 1340. The highest BCUT2D eigenvalue weighted by Gasteiger charge is 2.32. The highest BCUT2D eigenvalue weighted by atomic mass is 16.6. The van der Waals surface area contributed by atoms with Gasteiger partial charge in [0.1, 0.15) is 6.61 Å². The molecule has 0 aromatic heterocycles. The van der Waals surface area contributed by atoms with E-state index in [0.29, 0.717) is 16.7 Å². The van der Waals surface area contributed by atoms with E-state index in [1.54, 1.807) is 38.1 Å². The maximum atomic E-state index is 12.9. The molecule has 1 unspecified atom stereocenters. The highest BCUT2D eigenvalue weighted by molar-refractivity contribution is 5.96. The summed E-state index contributed by atoms with van der Waals surface area (Å²) in [5.74, 6) is -0.979. The molecule has 0 saturated carbocycles. The van der Waals surface area contributed by atoms with Gasteiger partial charge in [-0.05, 0) is 65.2 Å².